The van der Waals surface area contributed by atoms with Crippen molar-refractivity contribution in [3.05, 3.63) is 54.9 Å². The summed E-state index contributed by atoms with van der Waals surface area (Å²) in [6.45, 7) is 0. The van der Waals surface area contributed by atoms with E-state index in [0.29, 0.717) is 17.2 Å². The molecule has 0 aliphatic rings. The van der Waals surface area contributed by atoms with E-state index in [9.17, 15) is 0 Å². The number of fused-ring (bicyclic) bond motifs is 2. The van der Waals surface area contributed by atoms with E-state index in [0.717, 1.165) is 27.5 Å². The molecule has 25 heavy (non-hydrogen) atoms. The lowest BCUT2D eigenvalue weighted by atomic mass is 10.2. The van der Waals surface area contributed by atoms with Crippen LogP contribution in [0.5, 0.6) is 17.2 Å². The fraction of sp³-hybridized carbons (Fsp3) is 0.150. The Kier molecular flexibility index (Phi) is 3.69. The molecular formula is C20H18N2O3. The molecule has 0 radical (unpaired) electrons. The van der Waals surface area contributed by atoms with Crippen LogP contribution in [0.25, 0.3) is 27.5 Å². The first-order valence-electron chi connectivity index (χ1n) is 7.92. The van der Waals surface area contributed by atoms with E-state index in [2.05, 4.69) is 21.7 Å². The molecule has 5 heteroatoms. The van der Waals surface area contributed by atoms with Gasteiger partial charge in [0, 0.05) is 28.9 Å². The van der Waals surface area contributed by atoms with Gasteiger partial charge in [0.2, 0.25) is 5.75 Å². The molecule has 0 saturated carbocycles. The number of aromatic nitrogens is 2. The lowest BCUT2D eigenvalue weighted by Crippen LogP contribution is -1.99. The molecule has 0 unspecified atom stereocenters. The van der Waals surface area contributed by atoms with Crippen molar-refractivity contribution >= 4 is 21.8 Å². The monoisotopic (exact) mass is 334 g/mol. The van der Waals surface area contributed by atoms with Gasteiger partial charge in [-0.3, -0.25) is 4.98 Å². The Labute approximate surface area is 145 Å². The van der Waals surface area contributed by atoms with Gasteiger partial charge in [0.25, 0.3) is 0 Å². The Morgan fingerprint density at radius 2 is 1.68 bits per heavy atom. The van der Waals surface area contributed by atoms with E-state index < -0.39 is 0 Å². The topological polar surface area (TPSA) is 45.5 Å². The first kappa shape index (κ1) is 15.3. The SMILES string of the molecule is COc1cc2ccn(-c3ccc4ncccc4c3)c2c(OC)c1OC. The minimum atomic E-state index is 0.583. The van der Waals surface area contributed by atoms with Crippen LogP contribution >= 0.6 is 0 Å². The molecule has 0 saturated heterocycles. The van der Waals surface area contributed by atoms with Gasteiger partial charge >= 0.3 is 0 Å². The van der Waals surface area contributed by atoms with Crippen molar-refractivity contribution in [3.8, 4) is 22.9 Å². The van der Waals surface area contributed by atoms with Crippen molar-refractivity contribution < 1.29 is 14.2 Å². The van der Waals surface area contributed by atoms with Gasteiger partial charge in [-0.1, -0.05) is 6.07 Å². The van der Waals surface area contributed by atoms with Gasteiger partial charge in [-0.05, 0) is 36.4 Å². The molecule has 126 valence electrons. The molecule has 0 N–H and O–H groups in total. The summed E-state index contributed by atoms with van der Waals surface area (Å²) in [5.74, 6) is 1.88. The summed E-state index contributed by atoms with van der Waals surface area (Å²) in [7, 11) is 4.87. The second-order valence-electron chi connectivity index (χ2n) is 5.65. The lowest BCUT2D eigenvalue weighted by molar-refractivity contribution is 0.326. The van der Waals surface area contributed by atoms with E-state index in [-0.39, 0.29) is 0 Å². The number of hydrogen-bond donors (Lipinski definition) is 0. The summed E-state index contributed by atoms with van der Waals surface area (Å²) < 4.78 is 18.7. The second kappa shape index (κ2) is 6.02. The molecule has 2 aromatic carbocycles. The third kappa shape index (κ3) is 2.36. The molecule has 4 rings (SSSR count). The van der Waals surface area contributed by atoms with Crippen LogP contribution in [-0.2, 0) is 0 Å². The Bertz CT molecular complexity index is 1070. The third-order valence-electron chi connectivity index (χ3n) is 4.34. The van der Waals surface area contributed by atoms with Crippen LogP contribution in [0.3, 0.4) is 0 Å². The van der Waals surface area contributed by atoms with Crippen molar-refractivity contribution in [3.63, 3.8) is 0 Å². The van der Waals surface area contributed by atoms with E-state index in [4.69, 9.17) is 14.2 Å². The van der Waals surface area contributed by atoms with Crippen LogP contribution in [0.4, 0.5) is 0 Å². The molecule has 2 heterocycles. The average molecular weight is 334 g/mol. The lowest BCUT2D eigenvalue weighted by Gasteiger charge is -2.15. The Morgan fingerprint density at radius 3 is 2.44 bits per heavy atom. The summed E-state index contributed by atoms with van der Waals surface area (Å²) in [5, 5.41) is 2.10. The van der Waals surface area contributed by atoms with E-state index in [1.54, 1.807) is 27.5 Å². The molecule has 4 aromatic rings. The first-order valence-corrected chi connectivity index (χ1v) is 7.92. The fourth-order valence-corrected chi connectivity index (χ4v) is 3.19. The summed E-state index contributed by atoms with van der Waals surface area (Å²) in [6, 6.07) is 14.2. The molecule has 0 fully saturated rings. The largest absolute Gasteiger partial charge is 0.493 e. The summed E-state index contributed by atoms with van der Waals surface area (Å²) in [6.07, 6.45) is 3.82. The number of nitrogens with zero attached hydrogens (tertiary/aromatic N) is 2. The number of pyridine rings is 1. The quantitative estimate of drug-likeness (QED) is 0.561. The standard InChI is InChI=1S/C20H18N2O3/c1-23-17-12-14-8-10-22(18(14)20(25-3)19(17)24-2)15-6-7-16-13(11-15)5-4-9-21-16/h4-12H,1-3H3. The molecule has 0 amide bonds. The van der Waals surface area contributed by atoms with Gasteiger partial charge in [-0.15, -0.1) is 0 Å². The molecule has 0 aliphatic heterocycles. The molecule has 0 aliphatic carbocycles. The molecular weight excluding hydrogens is 316 g/mol. The maximum Gasteiger partial charge on any atom is 0.205 e. The number of ether oxygens (including phenoxy) is 3. The van der Waals surface area contributed by atoms with Gasteiger partial charge in [-0.2, -0.15) is 0 Å². The van der Waals surface area contributed by atoms with E-state index in [1.807, 2.05) is 36.5 Å². The van der Waals surface area contributed by atoms with Crippen molar-refractivity contribution in [2.45, 2.75) is 0 Å². The van der Waals surface area contributed by atoms with E-state index >= 15 is 0 Å². The van der Waals surface area contributed by atoms with Crippen molar-refractivity contribution in [2.75, 3.05) is 21.3 Å². The zero-order valence-corrected chi connectivity index (χ0v) is 14.3. The summed E-state index contributed by atoms with van der Waals surface area (Å²) >= 11 is 0. The second-order valence-corrected chi connectivity index (χ2v) is 5.65. The average Bonchev–Trinajstić information content (AvgIpc) is 3.09. The summed E-state index contributed by atoms with van der Waals surface area (Å²) in [4.78, 5) is 4.38. The Balaban J connectivity index is 2.01. The smallest absolute Gasteiger partial charge is 0.205 e. The van der Waals surface area contributed by atoms with Gasteiger partial charge in [-0.25, -0.2) is 0 Å². The number of hydrogen-bond acceptors (Lipinski definition) is 4. The zero-order valence-electron chi connectivity index (χ0n) is 14.3. The van der Waals surface area contributed by atoms with Crippen molar-refractivity contribution in [1.82, 2.24) is 9.55 Å². The summed E-state index contributed by atoms with van der Waals surface area (Å²) in [5.41, 5.74) is 2.93. The Hall–Kier alpha value is -3.21. The van der Waals surface area contributed by atoms with Gasteiger partial charge in [0.15, 0.2) is 11.5 Å². The first-order chi connectivity index (χ1) is 12.3. The van der Waals surface area contributed by atoms with Gasteiger partial charge in [0.1, 0.15) is 0 Å². The molecule has 0 spiro atoms. The van der Waals surface area contributed by atoms with Crippen LogP contribution in [-0.4, -0.2) is 30.9 Å². The third-order valence-corrected chi connectivity index (χ3v) is 4.34. The van der Waals surface area contributed by atoms with Gasteiger partial charge < -0.3 is 18.8 Å². The normalized spacial score (nSPS) is 11.0. The predicted molar refractivity (Wildman–Crippen MR) is 98.2 cm³/mol. The number of rotatable bonds is 4. The highest BCUT2D eigenvalue weighted by atomic mass is 16.5. The number of benzene rings is 2. The highest BCUT2D eigenvalue weighted by molar-refractivity contribution is 5.93. The number of methoxy groups -OCH3 is 3. The van der Waals surface area contributed by atoms with E-state index in [1.165, 1.54) is 0 Å². The van der Waals surface area contributed by atoms with Crippen LogP contribution < -0.4 is 14.2 Å². The van der Waals surface area contributed by atoms with Crippen molar-refractivity contribution in [2.24, 2.45) is 0 Å². The molecule has 0 bridgehead atoms. The fourth-order valence-electron chi connectivity index (χ4n) is 3.19. The maximum atomic E-state index is 5.66. The van der Waals surface area contributed by atoms with Crippen LogP contribution in [0, 0.1) is 0 Å². The molecule has 0 atom stereocenters. The van der Waals surface area contributed by atoms with Crippen LogP contribution in [0.15, 0.2) is 54.9 Å². The minimum Gasteiger partial charge on any atom is -0.493 e. The highest BCUT2D eigenvalue weighted by Crippen LogP contribution is 2.44. The highest BCUT2D eigenvalue weighted by Gasteiger charge is 2.19. The van der Waals surface area contributed by atoms with Gasteiger partial charge in [0.05, 0.1) is 32.4 Å². The predicted octanol–water partition coefficient (Wildman–Crippen LogP) is 4.20. The Morgan fingerprint density at radius 1 is 0.840 bits per heavy atom. The maximum absolute atomic E-state index is 5.66. The molecule has 5 nitrogen and oxygen atoms in total. The zero-order chi connectivity index (χ0) is 17.4. The molecule has 2 aromatic heterocycles. The van der Waals surface area contributed by atoms with Crippen LogP contribution in [0.1, 0.15) is 0 Å². The van der Waals surface area contributed by atoms with Crippen molar-refractivity contribution in [1.29, 1.82) is 0 Å². The minimum absolute atomic E-state index is 0.583. The van der Waals surface area contributed by atoms with Crippen LogP contribution in [0.2, 0.25) is 0 Å².